The minimum absolute atomic E-state index is 0.0119. The third-order valence-electron chi connectivity index (χ3n) is 14.7. The van der Waals surface area contributed by atoms with Crippen LogP contribution in [0.2, 0.25) is 0 Å². The molecule has 0 N–H and O–H groups in total. The van der Waals surface area contributed by atoms with E-state index in [1.807, 2.05) is 6.20 Å². The summed E-state index contributed by atoms with van der Waals surface area (Å²) < 4.78 is 9.46. The molecule has 0 spiro atoms. The maximum Gasteiger partial charge on any atom is 0.137 e. The van der Waals surface area contributed by atoms with Crippen LogP contribution in [0.5, 0.6) is 11.5 Å². The van der Waals surface area contributed by atoms with Gasteiger partial charge in [-0.2, -0.15) is 0 Å². The van der Waals surface area contributed by atoms with Crippen LogP contribution in [0.15, 0.2) is 225 Å². The summed E-state index contributed by atoms with van der Waals surface area (Å²) >= 11 is 0. The zero-order valence-corrected chi connectivity index (χ0v) is 41.8. The number of benzene rings is 8. The smallest absolute Gasteiger partial charge is 0.137 e. The topological polar surface area (TPSA) is 33.5 Å². The van der Waals surface area contributed by atoms with Gasteiger partial charge in [-0.3, -0.25) is 4.57 Å². The maximum absolute atomic E-state index is 7.16. The standard InChI is InChI=1S/C66H60N4O/c1-64(2,3)51-29-20-30-54(38-51)69-45-68(44-62(69)47-23-14-9-15-24-47)55-39-53(66(6,7)50-27-18-11-19-28-50)40-57(42-55)71-56-32-33-58-59-37-48(46-21-12-8-13-22-46)31-34-60(59)70(61(58)43-56)63-41-52(35-36-67-63)65(4,5)49-25-16-10-17-26-49/h8-44H,45H2,1-7H3. The van der Waals surface area contributed by atoms with Gasteiger partial charge in [-0.1, -0.05) is 188 Å². The highest BCUT2D eigenvalue weighted by atomic mass is 16.5. The average Bonchev–Trinajstić information content (AvgIpc) is 3.99. The molecular weight excluding hydrogens is 865 g/mol. The first kappa shape index (κ1) is 45.3. The Morgan fingerprint density at radius 3 is 1.72 bits per heavy atom. The SMILES string of the molecule is CC(C)(C)c1cccc(N2CN(c3cc(Oc4ccc5c6cc(-c7ccccc7)ccc6n(-c6cc(C(C)(C)c7ccccc7)ccn6)c5c4)cc(C(C)(C)c4ccccc4)c3)C=C2c2ccccc2)c1. The van der Waals surface area contributed by atoms with Gasteiger partial charge in [-0.15, -0.1) is 0 Å². The van der Waals surface area contributed by atoms with Gasteiger partial charge in [-0.05, 0) is 111 Å². The van der Waals surface area contributed by atoms with Crippen molar-refractivity contribution in [2.45, 2.75) is 64.7 Å². The predicted molar refractivity (Wildman–Crippen MR) is 297 cm³/mol. The summed E-state index contributed by atoms with van der Waals surface area (Å²) in [5.74, 6) is 2.37. The van der Waals surface area contributed by atoms with E-state index in [9.17, 15) is 0 Å². The first-order valence-electron chi connectivity index (χ1n) is 24.8. The quantitative estimate of drug-likeness (QED) is 0.129. The van der Waals surface area contributed by atoms with Crippen molar-refractivity contribution < 1.29 is 4.74 Å². The van der Waals surface area contributed by atoms with Gasteiger partial charge in [0, 0.05) is 57.5 Å². The molecule has 0 fully saturated rings. The molecule has 8 aromatic carbocycles. The highest BCUT2D eigenvalue weighted by Gasteiger charge is 2.30. The zero-order chi connectivity index (χ0) is 48.9. The minimum atomic E-state index is -0.334. The average molecular weight is 925 g/mol. The molecule has 3 heterocycles. The molecule has 11 rings (SSSR count). The van der Waals surface area contributed by atoms with Gasteiger partial charge < -0.3 is 14.5 Å². The van der Waals surface area contributed by atoms with Crippen LogP contribution in [0.1, 0.15) is 81.8 Å². The van der Waals surface area contributed by atoms with Crippen molar-refractivity contribution in [3.05, 3.63) is 258 Å². The summed E-state index contributed by atoms with van der Waals surface area (Å²) in [4.78, 5) is 9.88. The van der Waals surface area contributed by atoms with E-state index in [0.717, 1.165) is 67.3 Å². The van der Waals surface area contributed by atoms with E-state index in [1.165, 1.54) is 33.4 Å². The van der Waals surface area contributed by atoms with Crippen molar-refractivity contribution in [1.82, 2.24) is 9.55 Å². The van der Waals surface area contributed by atoms with Crippen LogP contribution in [0.4, 0.5) is 11.4 Å². The number of rotatable bonds is 11. The Hall–Kier alpha value is -8.15. The lowest BCUT2D eigenvalue weighted by Gasteiger charge is -2.29. The number of ether oxygens (including phenoxy) is 1. The van der Waals surface area contributed by atoms with Crippen LogP contribution < -0.4 is 14.5 Å². The van der Waals surface area contributed by atoms with Gasteiger partial charge in [0.1, 0.15) is 17.3 Å². The first-order chi connectivity index (χ1) is 34.3. The number of anilines is 2. The van der Waals surface area contributed by atoms with Gasteiger partial charge in [0.25, 0.3) is 0 Å². The van der Waals surface area contributed by atoms with Crippen molar-refractivity contribution in [3.8, 4) is 28.4 Å². The molecule has 5 nitrogen and oxygen atoms in total. The lowest BCUT2D eigenvalue weighted by molar-refractivity contribution is 0.480. The molecule has 0 bridgehead atoms. The van der Waals surface area contributed by atoms with Crippen LogP contribution in [0.25, 0.3) is 44.4 Å². The largest absolute Gasteiger partial charge is 0.457 e. The molecule has 0 atom stereocenters. The predicted octanol–water partition coefficient (Wildman–Crippen LogP) is 16.9. The van der Waals surface area contributed by atoms with Crippen molar-refractivity contribution in [3.63, 3.8) is 0 Å². The lowest BCUT2D eigenvalue weighted by Crippen LogP contribution is -2.27. The van der Waals surface area contributed by atoms with Crippen LogP contribution in [0.3, 0.4) is 0 Å². The number of hydrogen-bond donors (Lipinski definition) is 0. The number of hydrogen-bond acceptors (Lipinski definition) is 4. The molecule has 10 aromatic rings. The summed E-state index contributed by atoms with van der Waals surface area (Å²) in [7, 11) is 0. The number of nitrogens with zero attached hydrogens (tertiary/aromatic N) is 4. The number of aromatic nitrogens is 2. The Morgan fingerprint density at radius 1 is 0.423 bits per heavy atom. The second-order valence-corrected chi connectivity index (χ2v) is 21.0. The summed E-state index contributed by atoms with van der Waals surface area (Å²) in [6.07, 6.45) is 4.25. The molecule has 0 radical (unpaired) electrons. The fourth-order valence-electron chi connectivity index (χ4n) is 10.2. The fraction of sp³-hybridized carbons (Fsp3) is 0.167. The molecule has 1 aliphatic rings. The molecule has 0 unspecified atom stereocenters. The van der Waals surface area contributed by atoms with Crippen LogP contribution in [-0.4, -0.2) is 16.2 Å². The van der Waals surface area contributed by atoms with Crippen LogP contribution in [0, 0.1) is 0 Å². The van der Waals surface area contributed by atoms with Crippen molar-refractivity contribution >= 4 is 38.9 Å². The van der Waals surface area contributed by atoms with Gasteiger partial charge in [0.2, 0.25) is 0 Å². The molecule has 2 aromatic heterocycles. The van der Waals surface area contributed by atoms with E-state index in [-0.39, 0.29) is 16.2 Å². The van der Waals surface area contributed by atoms with Gasteiger partial charge in [0.15, 0.2) is 0 Å². The molecule has 0 saturated carbocycles. The summed E-state index contributed by atoms with van der Waals surface area (Å²) in [6, 6.07) is 76.3. The molecule has 71 heavy (non-hydrogen) atoms. The molecule has 0 saturated heterocycles. The van der Waals surface area contributed by atoms with Crippen molar-refractivity contribution in [2.24, 2.45) is 0 Å². The third-order valence-corrected chi connectivity index (χ3v) is 14.7. The minimum Gasteiger partial charge on any atom is -0.457 e. The fourth-order valence-corrected chi connectivity index (χ4v) is 10.2. The molecule has 5 heteroatoms. The van der Waals surface area contributed by atoms with Gasteiger partial charge in [-0.25, -0.2) is 4.98 Å². The third kappa shape index (κ3) is 8.67. The van der Waals surface area contributed by atoms with Gasteiger partial charge >= 0.3 is 0 Å². The van der Waals surface area contributed by atoms with E-state index in [2.05, 4.69) is 281 Å². The molecule has 1 aliphatic heterocycles. The number of pyridine rings is 1. The van der Waals surface area contributed by atoms with E-state index in [4.69, 9.17) is 9.72 Å². The Bertz CT molecular complexity index is 3570. The molecule has 0 aliphatic carbocycles. The Labute approximate surface area is 419 Å². The van der Waals surface area contributed by atoms with Crippen LogP contribution in [-0.2, 0) is 16.2 Å². The second-order valence-electron chi connectivity index (χ2n) is 21.0. The van der Waals surface area contributed by atoms with E-state index in [1.54, 1.807) is 0 Å². The van der Waals surface area contributed by atoms with E-state index < -0.39 is 0 Å². The van der Waals surface area contributed by atoms with Crippen molar-refractivity contribution in [1.29, 1.82) is 0 Å². The van der Waals surface area contributed by atoms with E-state index in [0.29, 0.717) is 6.67 Å². The summed E-state index contributed by atoms with van der Waals surface area (Å²) in [5.41, 5.74) is 14.5. The summed E-state index contributed by atoms with van der Waals surface area (Å²) in [5, 5.41) is 2.29. The second kappa shape index (κ2) is 18.0. The van der Waals surface area contributed by atoms with E-state index >= 15 is 0 Å². The Morgan fingerprint density at radius 2 is 1.04 bits per heavy atom. The first-order valence-corrected chi connectivity index (χ1v) is 24.8. The normalized spacial score (nSPS) is 13.3. The van der Waals surface area contributed by atoms with Gasteiger partial charge in [0.05, 0.1) is 23.4 Å². The highest BCUT2D eigenvalue weighted by Crippen LogP contribution is 2.43. The highest BCUT2D eigenvalue weighted by molar-refractivity contribution is 6.10. The number of fused-ring (bicyclic) bond motifs is 3. The zero-order valence-electron chi connectivity index (χ0n) is 41.8. The molecule has 0 amide bonds. The molecule has 350 valence electrons. The lowest BCUT2D eigenvalue weighted by atomic mass is 9.78. The van der Waals surface area contributed by atoms with Crippen LogP contribution >= 0.6 is 0 Å². The molecular formula is C66H60N4O. The summed E-state index contributed by atoms with van der Waals surface area (Å²) in [6.45, 7) is 16.6. The Kier molecular flexibility index (Phi) is 11.5. The van der Waals surface area contributed by atoms with Crippen molar-refractivity contribution in [2.75, 3.05) is 16.5 Å². The monoisotopic (exact) mass is 924 g/mol. The Balaban J connectivity index is 1.05. The maximum atomic E-state index is 7.16.